The van der Waals surface area contributed by atoms with E-state index in [1.54, 1.807) is 24.3 Å². The summed E-state index contributed by atoms with van der Waals surface area (Å²) in [6.07, 6.45) is 0. The summed E-state index contributed by atoms with van der Waals surface area (Å²) in [5, 5.41) is 11.2. The molecule has 0 saturated heterocycles. The minimum Gasteiger partial charge on any atom is -0.479 e. The van der Waals surface area contributed by atoms with Crippen molar-refractivity contribution in [2.24, 2.45) is 4.99 Å². The third-order valence-corrected chi connectivity index (χ3v) is 2.11. The van der Waals surface area contributed by atoms with Crippen LogP contribution in [0.5, 0.6) is 0 Å². The van der Waals surface area contributed by atoms with Crippen molar-refractivity contribution in [3.05, 3.63) is 35.9 Å². The molecule has 4 heteroatoms. The predicted molar refractivity (Wildman–Crippen MR) is 56.5 cm³/mol. The van der Waals surface area contributed by atoms with Crippen LogP contribution in [0.25, 0.3) is 0 Å². The molecule has 0 spiro atoms. The number of rotatable bonds is 3. The Morgan fingerprint density at radius 2 is 2.07 bits per heavy atom. The Labute approximate surface area is 87.1 Å². The zero-order chi connectivity index (χ0) is 10.6. The second-order valence-corrected chi connectivity index (χ2v) is 3.13. The van der Waals surface area contributed by atoms with Crippen LogP contribution in [0.15, 0.2) is 35.3 Å². The molecule has 0 aliphatic carbocycles. The lowest BCUT2D eigenvalue weighted by molar-refractivity contribution is -0.142. The average molecular weight is 207 g/mol. The molecule has 72 valence electrons. The molecule has 0 fully saturated rings. The summed E-state index contributed by atoms with van der Waals surface area (Å²) in [6.45, 7) is 1.49. The number of hydrogen-bond donors (Lipinski definition) is 1. The smallest absolute Gasteiger partial charge is 0.336 e. The number of benzene rings is 1. The van der Waals surface area contributed by atoms with E-state index < -0.39 is 11.5 Å². The molecule has 1 aromatic rings. The number of hydrogen-bond acceptors (Lipinski definition) is 3. The van der Waals surface area contributed by atoms with Gasteiger partial charge in [-0.1, -0.05) is 30.3 Å². The molecule has 0 amide bonds. The molecule has 0 saturated carbocycles. The van der Waals surface area contributed by atoms with Crippen LogP contribution >= 0.6 is 12.2 Å². The SMILES string of the molecule is CC(N=C=S)(C(=O)O)c1ccccc1. The summed E-state index contributed by atoms with van der Waals surface area (Å²) in [5.41, 5.74) is -0.743. The quantitative estimate of drug-likeness (QED) is 0.610. The fourth-order valence-corrected chi connectivity index (χ4v) is 1.27. The van der Waals surface area contributed by atoms with Crippen LogP contribution < -0.4 is 0 Å². The summed E-state index contributed by atoms with van der Waals surface area (Å²) < 4.78 is 0. The Kier molecular flexibility index (Phi) is 3.12. The normalized spacial score (nSPS) is 13.8. The van der Waals surface area contributed by atoms with Gasteiger partial charge < -0.3 is 5.11 Å². The van der Waals surface area contributed by atoms with Crippen LogP contribution in [0.4, 0.5) is 0 Å². The third kappa shape index (κ3) is 1.87. The van der Waals surface area contributed by atoms with Gasteiger partial charge in [-0.25, -0.2) is 9.79 Å². The third-order valence-electron chi connectivity index (χ3n) is 2.02. The fourth-order valence-electron chi connectivity index (χ4n) is 1.09. The molecule has 14 heavy (non-hydrogen) atoms. The van der Waals surface area contributed by atoms with Gasteiger partial charge in [0.05, 0.1) is 5.16 Å². The molecular formula is C10H9NO2S. The summed E-state index contributed by atoms with van der Waals surface area (Å²) in [6, 6.07) is 8.73. The highest BCUT2D eigenvalue weighted by molar-refractivity contribution is 7.78. The largest absolute Gasteiger partial charge is 0.479 e. The first-order valence-corrected chi connectivity index (χ1v) is 4.40. The topological polar surface area (TPSA) is 49.7 Å². The fraction of sp³-hybridized carbons (Fsp3) is 0.200. The van der Waals surface area contributed by atoms with E-state index in [0.29, 0.717) is 5.56 Å². The molecular weight excluding hydrogens is 198 g/mol. The van der Waals surface area contributed by atoms with Crippen LogP contribution in [0.2, 0.25) is 0 Å². The molecule has 0 aliphatic rings. The van der Waals surface area contributed by atoms with E-state index in [1.807, 2.05) is 6.07 Å². The van der Waals surface area contributed by atoms with Gasteiger partial charge in [0.1, 0.15) is 0 Å². The van der Waals surface area contributed by atoms with Gasteiger partial charge in [0.15, 0.2) is 5.54 Å². The standard InChI is InChI=1S/C10H9NO2S/c1-10(9(12)13,11-7-14)8-5-3-2-4-6-8/h2-6H,1H3,(H,12,13). The van der Waals surface area contributed by atoms with Crippen molar-refractivity contribution >= 4 is 23.3 Å². The van der Waals surface area contributed by atoms with Crippen molar-refractivity contribution in [2.45, 2.75) is 12.5 Å². The van der Waals surface area contributed by atoms with Crippen LogP contribution in [0.1, 0.15) is 12.5 Å². The zero-order valence-corrected chi connectivity index (χ0v) is 8.41. The molecule has 0 heterocycles. The van der Waals surface area contributed by atoms with Gasteiger partial charge in [-0.15, -0.1) is 0 Å². The van der Waals surface area contributed by atoms with Gasteiger partial charge in [0.2, 0.25) is 0 Å². The number of aliphatic carboxylic acids is 1. The number of thiocarbonyl (C=S) groups is 1. The van der Waals surface area contributed by atoms with Crippen molar-refractivity contribution in [3.63, 3.8) is 0 Å². The number of carbonyl (C=O) groups is 1. The summed E-state index contributed by atoms with van der Waals surface area (Å²) in [5.74, 6) is -1.04. The average Bonchev–Trinajstić information content (AvgIpc) is 2.19. The van der Waals surface area contributed by atoms with E-state index >= 15 is 0 Å². The van der Waals surface area contributed by atoms with Gasteiger partial charge in [-0.3, -0.25) is 0 Å². The molecule has 3 nitrogen and oxygen atoms in total. The maximum Gasteiger partial charge on any atom is 0.336 e. The number of carboxylic acid groups (broad SMARTS) is 1. The maximum absolute atomic E-state index is 11.0. The zero-order valence-electron chi connectivity index (χ0n) is 7.60. The van der Waals surface area contributed by atoms with Gasteiger partial charge in [-0.05, 0) is 24.7 Å². The Morgan fingerprint density at radius 3 is 2.50 bits per heavy atom. The van der Waals surface area contributed by atoms with Crippen LogP contribution in [-0.4, -0.2) is 16.2 Å². The van der Waals surface area contributed by atoms with Gasteiger partial charge >= 0.3 is 5.97 Å². The molecule has 1 N–H and O–H groups in total. The minimum absolute atomic E-state index is 0.588. The lowest BCUT2D eigenvalue weighted by Crippen LogP contribution is -2.29. The highest BCUT2D eigenvalue weighted by atomic mass is 32.1. The van der Waals surface area contributed by atoms with E-state index in [2.05, 4.69) is 22.4 Å². The predicted octanol–water partition coefficient (Wildman–Crippen LogP) is 2.09. The summed E-state index contributed by atoms with van der Waals surface area (Å²) in [4.78, 5) is 14.7. The van der Waals surface area contributed by atoms with Crippen LogP contribution in [-0.2, 0) is 10.3 Å². The Hall–Kier alpha value is -1.51. The second-order valence-electron chi connectivity index (χ2n) is 2.95. The van der Waals surface area contributed by atoms with E-state index in [-0.39, 0.29) is 0 Å². The molecule has 0 bridgehead atoms. The van der Waals surface area contributed by atoms with Crippen molar-refractivity contribution in [1.29, 1.82) is 0 Å². The maximum atomic E-state index is 11.0. The molecule has 0 aliphatic heterocycles. The number of carboxylic acids is 1. The molecule has 0 radical (unpaired) electrons. The first-order chi connectivity index (χ1) is 6.61. The Morgan fingerprint density at radius 1 is 1.50 bits per heavy atom. The van der Waals surface area contributed by atoms with E-state index in [1.165, 1.54) is 6.92 Å². The molecule has 1 rings (SSSR count). The van der Waals surface area contributed by atoms with E-state index in [4.69, 9.17) is 5.11 Å². The number of nitrogens with zero attached hydrogens (tertiary/aromatic N) is 1. The van der Waals surface area contributed by atoms with Crippen molar-refractivity contribution < 1.29 is 9.90 Å². The lowest BCUT2D eigenvalue weighted by Gasteiger charge is -2.18. The monoisotopic (exact) mass is 207 g/mol. The van der Waals surface area contributed by atoms with Crippen LogP contribution in [0, 0.1) is 0 Å². The summed E-state index contributed by atoms with van der Waals surface area (Å²) in [7, 11) is 0. The minimum atomic E-state index is -1.33. The lowest BCUT2D eigenvalue weighted by atomic mass is 9.93. The first-order valence-electron chi connectivity index (χ1n) is 3.99. The highest BCUT2D eigenvalue weighted by Crippen LogP contribution is 2.24. The number of aliphatic imine (C=N–C) groups is 1. The Balaban J connectivity index is 3.26. The molecule has 1 unspecified atom stereocenters. The van der Waals surface area contributed by atoms with Crippen molar-refractivity contribution in [2.75, 3.05) is 0 Å². The van der Waals surface area contributed by atoms with E-state index in [9.17, 15) is 4.79 Å². The molecule has 1 atom stereocenters. The van der Waals surface area contributed by atoms with E-state index in [0.717, 1.165) is 0 Å². The van der Waals surface area contributed by atoms with Gasteiger partial charge in [0, 0.05) is 0 Å². The number of isothiocyanates is 1. The Bertz CT molecular complexity index is 380. The van der Waals surface area contributed by atoms with Crippen molar-refractivity contribution in [1.82, 2.24) is 0 Å². The van der Waals surface area contributed by atoms with Gasteiger partial charge in [0.25, 0.3) is 0 Å². The summed E-state index contributed by atoms with van der Waals surface area (Å²) >= 11 is 4.44. The highest BCUT2D eigenvalue weighted by Gasteiger charge is 2.34. The molecule has 1 aromatic carbocycles. The van der Waals surface area contributed by atoms with Gasteiger partial charge in [-0.2, -0.15) is 0 Å². The van der Waals surface area contributed by atoms with Crippen LogP contribution in [0.3, 0.4) is 0 Å². The first kappa shape index (κ1) is 10.6. The molecule has 0 aromatic heterocycles. The second kappa shape index (κ2) is 4.13. The van der Waals surface area contributed by atoms with Crippen molar-refractivity contribution in [3.8, 4) is 0 Å².